The number of rotatable bonds is 3. The summed E-state index contributed by atoms with van der Waals surface area (Å²) in [5, 5.41) is 0. The van der Waals surface area contributed by atoms with Crippen LogP contribution in [-0.2, 0) is 6.42 Å². The van der Waals surface area contributed by atoms with Crippen LogP contribution in [0.1, 0.15) is 29.8 Å². The summed E-state index contributed by atoms with van der Waals surface area (Å²) >= 11 is 1.52. The number of hydroxylamine groups is 1. The van der Waals surface area contributed by atoms with Crippen LogP contribution in [0, 0.1) is 0 Å². The molecule has 0 saturated carbocycles. The van der Waals surface area contributed by atoms with E-state index in [0.717, 1.165) is 23.3 Å². The standard InChI is InChI=1S/C12H15NO2S/c1-3-9-6-5-7-11-12(9)10(14)8-13(15-11)16-4-2/h5-7H,3-4,8H2,1-2H3. The van der Waals surface area contributed by atoms with Gasteiger partial charge in [-0.15, -0.1) is 0 Å². The van der Waals surface area contributed by atoms with Crippen molar-refractivity contribution in [2.75, 3.05) is 12.3 Å². The maximum atomic E-state index is 12.0. The largest absolute Gasteiger partial charge is 0.394 e. The molecule has 86 valence electrons. The molecule has 16 heavy (non-hydrogen) atoms. The molecule has 0 atom stereocenters. The SMILES string of the molecule is CCSN1CC(=O)c2c(CC)cccc2O1. The lowest BCUT2D eigenvalue weighted by molar-refractivity contribution is 0.0339. The van der Waals surface area contributed by atoms with Gasteiger partial charge < -0.3 is 4.84 Å². The Bertz CT molecular complexity index is 406. The van der Waals surface area contributed by atoms with Gasteiger partial charge in [-0.2, -0.15) is 0 Å². The molecule has 0 amide bonds. The minimum absolute atomic E-state index is 0.152. The summed E-state index contributed by atoms with van der Waals surface area (Å²) in [6, 6.07) is 5.78. The summed E-state index contributed by atoms with van der Waals surface area (Å²) in [4.78, 5) is 17.7. The first-order valence-electron chi connectivity index (χ1n) is 5.49. The number of hydrogen-bond acceptors (Lipinski definition) is 4. The molecule has 0 aliphatic carbocycles. The zero-order chi connectivity index (χ0) is 11.5. The number of ketones is 1. The van der Waals surface area contributed by atoms with Gasteiger partial charge >= 0.3 is 0 Å². The predicted octanol–water partition coefficient (Wildman–Crippen LogP) is 2.71. The number of Topliss-reactive ketones (excluding diaryl/α,β-unsaturated/α-hetero) is 1. The number of fused-ring (bicyclic) bond motifs is 1. The summed E-state index contributed by atoms with van der Waals surface area (Å²) in [6.07, 6.45) is 0.860. The molecule has 2 rings (SSSR count). The van der Waals surface area contributed by atoms with Gasteiger partial charge in [0.25, 0.3) is 0 Å². The van der Waals surface area contributed by atoms with Gasteiger partial charge in [0.2, 0.25) is 0 Å². The average molecular weight is 237 g/mol. The molecule has 0 unspecified atom stereocenters. The lowest BCUT2D eigenvalue weighted by Gasteiger charge is -2.27. The highest BCUT2D eigenvalue weighted by Crippen LogP contribution is 2.30. The molecule has 3 nitrogen and oxygen atoms in total. The number of aryl methyl sites for hydroxylation is 1. The van der Waals surface area contributed by atoms with E-state index in [2.05, 4.69) is 6.92 Å². The Morgan fingerprint density at radius 2 is 2.25 bits per heavy atom. The van der Waals surface area contributed by atoms with E-state index in [1.807, 2.05) is 25.1 Å². The summed E-state index contributed by atoms with van der Waals surface area (Å²) in [7, 11) is 0. The van der Waals surface area contributed by atoms with E-state index in [1.165, 1.54) is 11.9 Å². The first-order valence-corrected chi connectivity index (χ1v) is 6.44. The minimum atomic E-state index is 0.152. The van der Waals surface area contributed by atoms with Crippen molar-refractivity contribution in [3.63, 3.8) is 0 Å². The second-order valence-electron chi connectivity index (χ2n) is 3.57. The number of carbonyl (C=O) groups excluding carboxylic acids is 1. The van der Waals surface area contributed by atoms with Crippen LogP contribution < -0.4 is 4.84 Å². The van der Waals surface area contributed by atoms with Crippen LogP contribution in [0.4, 0.5) is 0 Å². The summed E-state index contributed by atoms with van der Waals surface area (Å²) in [5.74, 6) is 1.74. The van der Waals surface area contributed by atoms with Crippen LogP contribution >= 0.6 is 11.9 Å². The topological polar surface area (TPSA) is 29.5 Å². The van der Waals surface area contributed by atoms with E-state index >= 15 is 0 Å². The molecule has 0 radical (unpaired) electrons. The average Bonchev–Trinajstić information content (AvgIpc) is 2.28. The Labute approximate surface area is 99.9 Å². The normalized spacial score (nSPS) is 15.8. The molecule has 0 fully saturated rings. The first-order chi connectivity index (χ1) is 7.76. The Kier molecular flexibility index (Phi) is 3.51. The first kappa shape index (κ1) is 11.5. The third kappa shape index (κ3) is 2.08. The lowest BCUT2D eigenvalue weighted by atomic mass is 10.00. The van der Waals surface area contributed by atoms with E-state index in [4.69, 9.17) is 4.84 Å². The van der Waals surface area contributed by atoms with Gasteiger partial charge in [0.1, 0.15) is 6.54 Å². The molecule has 1 aromatic rings. The van der Waals surface area contributed by atoms with Crippen molar-refractivity contribution in [1.82, 2.24) is 4.47 Å². The molecule has 0 bridgehead atoms. The van der Waals surface area contributed by atoms with E-state index in [0.29, 0.717) is 12.3 Å². The maximum Gasteiger partial charge on any atom is 0.185 e. The van der Waals surface area contributed by atoms with Crippen LogP contribution in [-0.4, -0.2) is 22.5 Å². The van der Waals surface area contributed by atoms with Crippen molar-refractivity contribution < 1.29 is 9.63 Å². The van der Waals surface area contributed by atoms with Gasteiger partial charge in [-0.1, -0.05) is 30.4 Å². The minimum Gasteiger partial charge on any atom is -0.394 e. The number of nitrogens with zero attached hydrogens (tertiary/aromatic N) is 1. The van der Waals surface area contributed by atoms with Gasteiger partial charge in [-0.25, -0.2) is 0 Å². The van der Waals surface area contributed by atoms with Crippen molar-refractivity contribution in [2.45, 2.75) is 20.3 Å². The Balaban J connectivity index is 2.34. The van der Waals surface area contributed by atoms with Crippen LogP contribution in [0.2, 0.25) is 0 Å². The predicted molar refractivity (Wildman–Crippen MR) is 65.6 cm³/mol. The quantitative estimate of drug-likeness (QED) is 0.756. The van der Waals surface area contributed by atoms with Crippen molar-refractivity contribution >= 4 is 17.7 Å². The molecular weight excluding hydrogens is 222 g/mol. The third-order valence-electron chi connectivity index (χ3n) is 2.52. The molecule has 1 aromatic carbocycles. The van der Waals surface area contributed by atoms with Gasteiger partial charge in [0.15, 0.2) is 11.5 Å². The maximum absolute atomic E-state index is 12.0. The molecule has 1 aliphatic heterocycles. The number of carbonyl (C=O) groups is 1. The van der Waals surface area contributed by atoms with E-state index in [-0.39, 0.29) is 5.78 Å². The van der Waals surface area contributed by atoms with Crippen molar-refractivity contribution in [1.29, 1.82) is 0 Å². The molecular formula is C12H15NO2S. The van der Waals surface area contributed by atoms with Crippen LogP contribution in [0.25, 0.3) is 0 Å². The van der Waals surface area contributed by atoms with E-state index < -0.39 is 0 Å². The fourth-order valence-corrected chi connectivity index (χ4v) is 2.45. The highest BCUT2D eigenvalue weighted by molar-refractivity contribution is 7.96. The number of benzene rings is 1. The zero-order valence-electron chi connectivity index (χ0n) is 9.53. The zero-order valence-corrected chi connectivity index (χ0v) is 10.3. The van der Waals surface area contributed by atoms with Crippen molar-refractivity contribution in [2.24, 2.45) is 0 Å². The van der Waals surface area contributed by atoms with Gasteiger partial charge in [0, 0.05) is 5.75 Å². The molecule has 0 saturated heterocycles. The van der Waals surface area contributed by atoms with E-state index in [1.54, 1.807) is 4.47 Å². The highest BCUT2D eigenvalue weighted by Gasteiger charge is 2.26. The molecule has 1 aliphatic rings. The van der Waals surface area contributed by atoms with E-state index in [9.17, 15) is 4.79 Å². The summed E-state index contributed by atoms with van der Waals surface area (Å²) in [6.45, 7) is 4.43. The van der Waals surface area contributed by atoms with Crippen molar-refractivity contribution in [3.05, 3.63) is 29.3 Å². The van der Waals surface area contributed by atoms with Gasteiger partial charge in [0.05, 0.1) is 5.56 Å². The Morgan fingerprint density at radius 3 is 2.94 bits per heavy atom. The van der Waals surface area contributed by atoms with Crippen LogP contribution in [0.5, 0.6) is 5.75 Å². The molecule has 4 heteroatoms. The fraction of sp³-hybridized carbons (Fsp3) is 0.417. The van der Waals surface area contributed by atoms with Gasteiger partial charge in [-0.3, -0.25) is 4.79 Å². The lowest BCUT2D eigenvalue weighted by Crippen LogP contribution is -2.33. The molecule has 0 aromatic heterocycles. The Hall–Kier alpha value is -1.00. The fourth-order valence-electron chi connectivity index (χ4n) is 1.82. The molecule has 0 spiro atoms. The van der Waals surface area contributed by atoms with Crippen molar-refractivity contribution in [3.8, 4) is 5.75 Å². The second-order valence-corrected chi connectivity index (χ2v) is 4.81. The third-order valence-corrected chi connectivity index (χ3v) is 3.27. The molecule has 0 N–H and O–H groups in total. The Morgan fingerprint density at radius 1 is 1.44 bits per heavy atom. The summed E-state index contributed by atoms with van der Waals surface area (Å²) < 4.78 is 1.66. The molecule has 1 heterocycles. The van der Waals surface area contributed by atoms with Gasteiger partial charge in [-0.05, 0) is 30.0 Å². The highest BCUT2D eigenvalue weighted by atomic mass is 32.2. The van der Waals surface area contributed by atoms with Crippen LogP contribution in [0.15, 0.2) is 18.2 Å². The monoisotopic (exact) mass is 237 g/mol. The summed E-state index contributed by atoms with van der Waals surface area (Å²) in [5.41, 5.74) is 1.83. The second kappa shape index (κ2) is 4.89. The number of hydrogen-bond donors (Lipinski definition) is 0. The smallest absolute Gasteiger partial charge is 0.185 e. The van der Waals surface area contributed by atoms with Crippen LogP contribution in [0.3, 0.4) is 0 Å².